The van der Waals surface area contributed by atoms with Gasteiger partial charge in [-0.15, -0.1) is 21.5 Å². The molecule has 0 bridgehead atoms. The summed E-state index contributed by atoms with van der Waals surface area (Å²) < 4.78 is 29.2. The van der Waals surface area contributed by atoms with Gasteiger partial charge in [-0.2, -0.15) is 0 Å². The van der Waals surface area contributed by atoms with Gasteiger partial charge in [-0.25, -0.2) is 13.8 Å². The highest BCUT2D eigenvalue weighted by Gasteiger charge is 2.15. The monoisotopic (exact) mass is 324 g/mol. The molecule has 1 aromatic carbocycles. The number of rotatable bonds is 4. The first-order valence-corrected chi connectivity index (χ1v) is 7.87. The molecule has 0 saturated heterocycles. The first-order chi connectivity index (χ1) is 10.1. The lowest BCUT2D eigenvalue weighted by atomic mass is 10.2. The van der Waals surface area contributed by atoms with E-state index in [0.29, 0.717) is 10.8 Å². The molecule has 8 heteroatoms. The van der Waals surface area contributed by atoms with E-state index in [4.69, 9.17) is 0 Å². The molecule has 0 unspecified atom stereocenters. The Morgan fingerprint density at radius 2 is 2.05 bits per heavy atom. The van der Waals surface area contributed by atoms with E-state index in [9.17, 15) is 8.78 Å². The third kappa shape index (κ3) is 2.96. The maximum Gasteiger partial charge on any atom is 0.191 e. The van der Waals surface area contributed by atoms with E-state index in [1.807, 2.05) is 7.05 Å². The molecular weight excluding hydrogens is 314 g/mol. The molecule has 0 aliphatic carbocycles. The van der Waals surface area contributed by atoms with Crippen molar-refractivity contribution in [1.82, 2.24) is 19.7 Å². The highest BCUT2D eigenvalue weighted by atomic mass is 32.2. The Bertz CT molecular complexity index is 749. The minimum Gasteiger partial charge on any atom is -0.312 e. The third-order valence-electron chi connectivity index (χ3n) is 2.75. The zero-order chi connectivity index (χ0) is 14.8. The number of benzene rings is 1. The number of aryl methyl sites for hydroxylation is 1. The van der Waals surface area contributed by atoms with Crippen LogP contribution in [0.2, 0.25) is 0 Å². The Kier molecular flexibility index (Phi) is 3.98. The molecule has 2 aromatic heterocycles. The van der Waals surface area contributed by atoms with Crippen molar-refractivity contribution in [3.8, 4) is 10.6 Å². The third-order valence-corrected chi connectivity index (χ3v) is 4.72. The molecule has 0 radical (unpaired) electrons. The van der Waals surface area contributed by atoms with E-state index < -0.39 is 11.6 Å². The van der Waals surface area contributed by atoms with Crippen LogP contribution in [0, 0.1) is 11.6 Å². The normalized spacial score (nSPS) is 11.0. The van der Waals surface area contributed by atoms with Gasteiger partial charge in [-0.1, -0.05) is 17.8 Å². The van der Waals surface area contributed by atoms with Gasteiger partial charge in [0.25, 0.3) is 0 Å². The summed E-state index contributed by atoms with van der Waals surface area (Å²) in [5.41, 5.74) is 0.683. The molecule has 4 nitrogen and oxygen atoms in total. The van der Waals surface area contributed by atoms with E-state index in [1.54, 1.807) is 16.3 Å². The standard InChI is InChI=1S/C13H10F2N4S2/c1-19-7-16-18-13(19)21-6-8-5-20-12(17-8)11-9(14)3-2-4-10(11)15/h2-5,7H,6H2,1H3. The van der Waals surface area contributed by atoms with Crippen molar-refractivity contribution in [2.45, 2.75) is 10.9 Å². The molecule has 108 valence electrons. The number of hydrogen-bond donors (Lipinski definition) is 0. The zero-order valence-corrected chi connectivity index (χ0v) is 12.6. The van der Waals surface area contributed by atoms with Crippen LogP contribution in [0.3, 0.4) is 0 Å². The van der Waals surface area contributed by atoms with Crippen molar-refractivity contribution in [2.24, 2.45) is 7.05 Å². The van der Waals surface area contributed by atoms with Crippen LogP contribution in [0.25, 0.3) is 10.6 Å². The second kappa shape index (κ2) is 5.90. The number of nitrogens with zero attached hydrogens (tertiary/aromatic N) is 4. The smallest absolute Gasteiger partial charge is 0.191 e. The van der Waals surface area contributed by atoms with E-state index >= 15 is 0 Å². The lowest BCUT2D eigenvalue weighted by Gasteiger charge is -2.00. The molecule has 2 heterocycles. The summed E-state index contributed by atoms with van der Waals surface area (Å²) in [6.07, 6.45) is 1.61. The molecule has 0 aliphatic heterocycles. The van der Waals surface area contributed by atoms with E-state index in [-0.39, 0.29) is 5.56 Å². The predicted octanol–water partition coefficient (Wildman–Crippen LogP) is 3.51. The van der Waals surface area contributed by atoms with Gasteiger partial charge in [0.15, 0.2) is 5.16 Å². The van der Waals surface area contributed by atoms with E-state index in [2.05, 4.69) is 15.2 Å². The van der Waals surface area contributed by atoms with Crippen LogP contribution in [0.1, 0.15) is 5.69 Å². The minimum atomic E-state index is -0.600. The molecule has 0 fully saturated rings. The van der Waals surface area contributed by atoms with Crippen molar-refractivity contribution in [1.29, 1.82) is 0 Å². The Morgan fingerprint density at radius 3 is 2.71 bits per heavy atom. The molecule has 21 heavy (non-hydrogen) atoms. The minimum absolute atomic E-state index is 0.0718. The lowest BCUT2D eigenvalue weighted by molar-refractivity contribution is 0.589. The lowest BCUT2D eigenvalue weighted by Crippen LogP contribution is -1.91. The van der Waals surface area contributed by atoms with Crippen molar-refractivity contribution in [3.63, 3.8) is 0 Å². The van der Waals surface area contributed by atoms with Crippen LogP contribution < -0.4 is 0 Å². The van der Waals surface area contributed by atoms with Gasteiger partial charge in [-0.05, 0) is 12.1 Å². The maximum absolute atomic E-state index is 13.7. The number of hydrogen-bond acceptors (Lipinski definition) is 5. The summed E-state index contributed by atoms with van der Waals surface area (Å²) in [4.78, 5) is 4.29. The quantitative estimate of drug-likeness (QED) is 0.689. The van der Waals surface area contributed by atoms with Crippen LogP contribution >= 0.6 is 23.1 Å². The van der Waals surface area contributed by atoms with Crippen LogP contribution in [-0.4, -0.2) is 19.7 Å². The van der Waals surface area contributed by atoms with Crippen LogP contribution in [0.15, 0.2) is 35.1 Å². The van der Waals surface area contributed by atoms with Gasteiger partial charge < -0.3 is 4.57 Å². The number of aromatic nitrogens is 4. The van der Waals surface area contributed by atoms with Gasteiger partial charge in [0, 0.05) is 18.2 Å². The Hall–Kier alpha value is -1.80. The highest BCUT2D eigenvalue weighted by Crippen LogP contribution is 2.30. The fraction of sp³-hybridized carbons (Fsp3) is 0.154. The highest BCUT2D eigenvalue weighted by molar-refractivity contribution is 7.98. The molecule has 0 atom stereocenters. The Morgan fingerprint density at radius 1 is 1.29 bits per heavy atom. The number of thioether (sulfide) groups is 1. The van der Waals surface area contributed by atoms with Crippen LogP contribution in [-0.2, 0) is 12.8 Å². The molecule has 0 aliphatic rings. The van der Waals surface area contributed by atoms with Crippen molar-refractivity contribution < 1.29 is 8.78 Å². The molecule has 0 N–H and O–H groups in total. The largest absolute Gasteiger partial charge is 0.312 e. The number of thiazole rings is 1. The molecule has 3 rings (SSSR count). The van der Waals surface area contributed by atoms with Gasteiger partial charge in [-0.3, -0.25) is 0 Å². The molecular formula is C13H10F2N4S2. The first-order valence-electron chi connectivity index (χ1n) is 6.00. The van der Waals surface area contributed by atoms with E-state index in [0.717, 1.165) is 10.9 Å². The summed E-state index contributed by atoms with van der Waals surface area (Å²) in [6, 6.07) is 3.80. The fourth-order valence-corrected chi connectivity index (χ4v) is 3.48. The fourth-order valence-electron chi connectivity index (χ4n) is 1.73. The van der Waals surface area contributed by atoms with Gasteiger partial charge in [0.05, 0.1) is 11.3 Å². The summed E-state index contributed by atoms with van der Waals surface area (Å²) in [7, 11) is 1.85. The van der Waals surface area contributed by atoms with Crippen LogP contribution in [0.4, 0.5) is 8.78 Å². The number of halogens is 2. The van der Waals surface area contributed by atoms with Crippen molar-refractivity contribution in [3.05, 3.63) is 47.2 Å². The summed E-state index contributed by atoms with van der Waals surface area (Å²) in [6.45, 7) is 0. The Balaban J connectivity index is 1.79. The van der Waals surface area contributed by atoms with Gasteiger partial charge in [0.2, 0.25) is 0 Å². The second-order valence-electron chi connectivity index (χ2n) is 4.25. The van der Waals surface area contributed by atoms with E-state index in [1.165, 1.54) is 41.3 Å². The average molecular weight is 324 g/mol. The molecule has 0 amide bonds. The Labute approximate surface area is 127 Å². The van der Waals surface area contributed by atoms with Crippen LogP contribution in [0.5, 0.6) is 0 Å². The predicted molar refractivity (Wildman–Crippen MR) is 78.0 cm³/mol. The molecule has 0 spiro atoms. The van der Waals surface area contributed by atoms with Crippen molar-refractivity contribution in [2.75, 3.05) is 0 Å². The SMILES string of the molecule is Cn1cnnc1SCc1csc(-c2c(F)cccc2F)n1. The summed E-state index contributed by atoms with van der Waals surface area (Å²) in [5, 5.41) is 10.6. The van der Waals surface area contributed by atoms with Gasteiger partial charge >= 0.3 is 0 Å². The topological polar surface area (TPSA) is 43.6 Å². The zero-order valence-electron chi connectivity index (χ0n) is 11.0. The molecule has 0 saturated carbocycles. The molecule has 3 aromatic rings. The first kappa shape index (κ1) is 14.2. The summed E-state index contributed by atoms with van der Waals surface area (Å²) >= 11 is 2.69. The maximum atomic E-state index is 13.7. The van der Waals surface area contributed by atoms with Gasteiger partial charge in [0.1, 0.15) is 23.0 Å². The summed E-state index contributed by atoms with van der Waals surface area (Å²) in [5.74, 6) is -0.632. The van der Waals surface area contributed by atoms with Crippen molar-refractivity contribution >= 4 is 23.1 Å². The second-order valence-corrected chi connectivity index (χ2v) is 6.05. The average Bonchev–Trinajstić information content (AvgIpc) is 3.06.